The van der Waals surface area contributed by atoms with Crippen molar-refractivity contribution in [3.63, 3.8) is 0 Å². The molecule has 152 valence electrons. The van der Waals surface area contributed by atoms with Gasteiger partial charge >= 0.3 is 0 Å². The number of hydrazone groups is 1. The fraction of sp³-hybridized carbons (Fsp3) is 0.375. The standard InChI is InChI=1S/C24H28N2O2S/c1-3-13-29-26-23(19-11-9-17(2)10-12-19)21-16-24(27,28)15-20(22(21)25-26)14-18-7-5-4-6-8-18/h4-12,14,21,23,27-28H,3,13,15-16H2,1-2H3/b20-14+/t21-,23+/m0/s1. The van der Waals surface area contributed by atoms with Crippen molar-refractivity contribution in [3.8, 4) is 0 Å². The van der Waals surface area contributed by atoms with Gasteiger partial charge in [-0.05, 0) is 48.1 Å². The Bertz CT molecular complexity index is 906. The first-order valence-corrected chi connectivity index (χ1v) is 11.2. The Morgan fingerprint density at radius 2 is 1.86 bits per heavy atom. The van der Waals surface area contributed by atoms with Crippen molar-refractivity contribution in [1.29, 1.82) is 0 Å². The average molecular weight is 409 g/mol. The molecule has 4 nitrogen and oxygen atoms in total. The van der Waals surface area contributed by atoms with Crippen molar-refractivity contribution in [2.75, 3.05) is 5.75 Å². The van der Waals surface area contributed by atoms with Gasteiger partial charge in [-0.1, -0.05) is 67.1 Å². The first kappa shape index (κ1) is 20.2. The number of fused-ring (bicyclic) bond motifs is 1. The molecule has 2 atom stereocenters. The van der Waals surface area contributed by atoms with Crippen LogP contribution in [0.4, 0.5) is 0 Å². The number of aliphatic hydroxyl groups is 2. The smallest absolute Gasteiger partial charge is 0.167 e. The first-order chi connectivity index (χ1) is 14.0. The Morgan fingerprint density at radius 3 is 2.55 bits per heavy atom. The molecule has 2 aromatic rings. The second kappa shape index (κ2) is 8.34. The zero-order chi connectivity index (χ0) is 20.4. The van der Waals surface area contributed by atoms with E-state index in [4.69, 9.17) is 5.10 Å². The van der Waals surface area contributed by atoms with Crippen LogP contribution in [0.3, 0.4) is 0 Å². The van der Waals surface area contributed by atoms with E-state index < -0.39 is 5.79 Å². The fourth-order valence-corrected chi connectivity index (χ4v) is 5.11. The molecular weight excluding hydrogens is 380 g/mol. The van der Waals surface area contributed by atoms with Gasteiger partial charge in [0.25, 0.3) is 0 Å². The van der Waals surface area contributed by atoms with Crippen LogP contribution in [0.25, 0.3) is 6.08 Å². The van der Waals surface area contributed by atoms with Gasteiger partial charge in [0.15, 0.2) is 5.79 Å². The molecule has 4 rings (SSSR count). The lowest BCUT2D eigenvalue weighted by atomic mass is 9.75. The molecule has 0 spiro atoms. The monoisotopic (exact) mass is 408 g/mol. The number of rotatable bonds is 5. The van der Waals surface area contributed by atoms with Crippen LogP contribution in [0.2, 0.25) is 0 Å². The van der Waals surface area contributed by atoms with Crippen LogP contribution in [0.1, 0.15) is 48.9 Å². The Kier molecular flexibility index (Phi) is 5.81. The Balaban J connectivity index is 1.75. The molecule has 2 N–H and O–H groups in total. The van der Waals surface area contributed by atoms with Gasteiger partial charge in [-0.3, -0.25) is 0 Å². The number of hydrogen-bond donors (Lipinski definition) is 2. The maximum absolute atomic E-state index is 10.7. The van der Waals surface area contributed by atoms with Gasteiger partial charge in [0, 0.05) is 24.5 Å². The van der Waals surface area contributed by atoms with Gasteiger partial charge in [-0.25, -0.2) is 4.41 Å². The summed E-state index contributed by atoms with van der Waals surface area (Å²) in [5.41, 5.74) is 5.33. The highest BCUT2D eigenvalue weighted by Gasteiger charge is 2.48. The molecule has 1 fully saturated rings. The quantitative estimate of drug-likeness (QED) is 0.543. The molecule has 0 bridgehead atoms. The van der Waals surface area contributed by atoms with E-state index in [1.807, 2.05) is 36.4 Å². The number of hydrogen-bond acceptors (Lipinski definition) is 5. The zero-order valence-electron chi connectivity index (χ0n) is 17.0. The van der Waals surface area contributed by atoms with Crippen LogP contribution in [-0.4, -0.2) is 31.9 Å². The summed E-state index contributed by atoms with van der Waals surface area (Å²) in [4.78, 5) is 0. The molecule has 1 aliphatic heterocycles. The minimum absolute atomic E-state index is 0.000276. The predicted octanol–water partition coefficient (Wildman–Crippen LogP) is 4.94. The van der Waals surface area contributed by atoms with E-state index in [9.17, 15) is 10.2 Å². The van der Waals surface area contributed by atoms with Gasteiger partial charge in [-0.15, -0.1) is 0 Å². The maximum atomic E-state index is 10.7. The van der Waals surface area contributed by atoms with Gasteiger partial charge < -0.3 is 10.2 Å². The van der Waals surface area contributed by atoms with Gasteiger partial charge in [-0.2, -0.15) is 5.10 Å². The highest BCUT2D eigenvalue weighted by atomic mass is 32.2. The SMILES string of the molecule is CCCSN1N=C2/C(=C/c3ccccc3)CC(O)(O)C[C@@H]2[C@H]1c1ccc(C)cc1. The summed E-state index contributed by atoms with van der Waals surface area (Å²) in [6.45, 7) is 4.25. The summed E-state index contributed by atoms with van der Waals surface area (Å²) in [6, 6.07) is 18.5. The summed E-state index contributed by atoms with van der Waals surface area (Å²) in [5.74, 6) is -0.799. The van der Waals surface area contributed by atoms with Crippen LogP contribution in [-0.2, 0) is 0 Å². The van der Waals surface area contributed by atoms with E-state index in [1.165, 1.54) is 11.1 Å². The van der Waals surface area contributed by atoms with Gasteiger partial charge in [0.2, 0.25) is 0 Å². The lowest BCUT2D eigenvalue weighted by Gasteiger charge is -2.36. The van der Waals surface area contributed by atoms with Crippen LogP contribution in [0, 0.1) is 12.8 Å². The van der Waals surface area contributed by atoms with E-state index in [2.05, 4.69) is 42.5 Å². The molecule has 1 saturated carbocycles. The van der Waals surface area contributed by atoms with Crippen LogP contribution >= 0.6 is 11.9 Å². The minimum Gasteiger partial charge on any atom is -0.365 e. The summed E-state index contributed by atoms with van der Waals surface area (Å²) < 4.78 is 2.09. The molecular formula is C24H28N2O2S. The third kappa shape index (κ3) is 4.42. The molecule has 5 heteroatoms. The predicted molar refractivity (Wildman–Crippen MR) is 120 cm³/mol. The second-order valence-electron chi connectivity index (χ2n) is 8.03. The Labute approximate surface area is 177 Å². The molecule has 0 radical (unpaired) electrons. The molecule has 0 unspecified atom stereocenters. The molecule has 0 amide bonds. The number of aryl methyl sites for hydroxylation is 1. The van der Waals surface area contributed by atoms with Crippen LogP contribution < -0.4 is 0 Å². The van der Waals surface area contributed by atoms with Crippen molar-refractivity contribution in [3.05, 3.63) is 76.9 Å². The topological polar surface area (TPSA) is 56.1 Å². The number of benzene rings is 2. The lowest BCUT2D eigenvalue weighted by molar-refractivity contribution is -0.172. The van der Waals surface area contributed by atoms with Crippen molar-refractivity contribution < 1.29 is 10.2 Å². The Hall–Kier alpha value is -2.08. The highest BCUT2D eigenvalue weighted by Crippen LogP contribution is 2.49. The van der Waals surface area contributed by atoms with Crippen molar-refractivity contribution in [1.82, 2.24) is 4.41 Å². The molecule has 0 saturated heterocycles. The van der Waals surface area contributed by atoms with E-state index in [1.54, 1.807) is 11.9 Å². The second-order valence-corrected chi connectivity index (χ2v) is 9.07. The molecule has 29 heavy (non-hydrogen) atoms. The third-order valence-electron chi connectivity index (χ3n) is 5.51. The normalized spacial score (nSPS) is 24.5. The molecule has 1 heterocycles. The minimum atomic E-state index is -1.72. The van der Waals surface area contributed by atoms with Crippen LogP contribution in [0.15, 0.2) is 65.3 Å². The molecule has 2 aliphatic rings. The molecule has 0 aromatic heterocycles. The van der Waals surface area contributed by atoms with E-state index >= 15 is 0 Å². The zero-order valence-corrected chi connectivity index (χ0v) is 17.8. The van der Waals surface area contributed by atoms with Crippen molar-refractivity contribution >= 4 is 23.7 Å². The fourth-order valence-electron chi connectivity index (χ4n) is 4.17. The van der Waals surface area contributed by atoms with Crippen molar-refractivity contribution in [2.45, 2.75) is 44.9 Å². The summed E-state index contributed by atoms with van der Waals surface area (Å²) in [7, 11) is 0. The molecule has 1 aliphatic carbocycles. The van der Waals surface area contributed by atoms with Crippen LogP contribution in [0.5, 0.6) is 0 Å². The molecule has 2 aromatic carbocycles. The highest BCUT2D eigenvalue weighted by molar-refractivity contribution is 7.97. The summed E-state index contributed by atoms with van der Waals surface area (Å²) in [5, 5.41) is 26.3. The van der Waals surface area contributed by atoms with Crippen molar-refractivity contribution in [2.24, 2.45) is 11.0 Å². The lowest BCUT2D eigenvalue weighted by Crippen LogP contribution is -2.41. The first-order valence-electron chi connectivity index (χ1n) is 10.2. The van der Waals surface area contributed by atoms with Gasteiger partial charge in [0.05, 0.1) is 11.8 Å². The number of nitrogens with zero attached hydrogens (tertiary/aromatic N) is 2. The Morgan fingerprint density at radius 1 is 1.14 bits per heavy atom. The van der Waals surface area contributed by atoms with E-state index in [0.717, 1.165) is 29.0 Å². The van der Waals surface area contributed by atoms with E-state index in [-0.39, 0.29) is 18.4 Å². The summed E-state index contributed by atoms with van der Waals surface area (Å²) >= 11 is 1.72. The largest absolute Gasteiger partial charge is 0.365 e. The third-order valence-corrected chi connectivity index (χ3v) is 6.68. The average Bonchev–Trinajstić information content (AvgIpc) is 3.05. The van der Waals surface area contributed by atoms with Gasteiger partial charge in [0.1, 0.15) is 0 Å². The maximum Gasteiger partial charge on any atom is 0.167 e. The summed E-state index contributed by atoms with van der Waals surface area (Å²) in [6.07, 6.45) is 3.60. The van der Waals surface area contributed by atoms with E-state index in [0.29, 0.717) is 6.42 Å².